The molecule has 142 valence electrons. The lowest BCUT2D eigenvalue weighted by atomic mass is 10.2. The van der Waals surface area contributed by atoms with Crippen LogP contribution in [0.5, 0.6) is 5.75 Å². The second-order valence-corrected chi connectivity index (χ2v) is 6.44. The second kappa shape index (κ2) is 7.07. The number of rotatable bonds is 5. The molecular weight excluding hydrogens is 358 g/mol. The van der Waals surface area contributed by atoms with E-state index in [4.69, 9.17) is 9.15 Å². The van der Waals surface area contributed by atoms with Crippen molar-refractivity contribution >= 4 is 34.2 Å². The highest BCUT2D eigenvalue weighted by atomic mass is 16.5. The Morgan fingerprint density at radius 3 is 2.75 bits per heavy atom. The average molecular weight is 377 g/mol. The Kier molecular flexibility index (Phi) is 4.44. The molecular formula is C20H19N5O3. The van der Waals surface area contributed by atoms with E-state index in [9.17, 15) is 4.79 Å². The zero-order valence-corrected chi connectivity index (χ0v) is 15.7. The van der Waals surface area contributed by atoms with Crippen molar-refractivity contribution in [3.05, 3.63) is 64.3 Å². The predicted octanol–water partition coefficient (Wildman–Crippen LogP) is 4.02. The van der Waals surface area contributed by atoms with Gasteiger partial charge in [-0.15, -0.1) is 0 Å². The zero-order chi connectivity index (χ0) is 19.7. The molecule has 2 heterocycles. The van der Waals surface area contributed by atoms with E-state index >= 15 is 0 Å². The Morgan fingerprint density at radius 1 is 1.07 bits per heavy atom. The summed E-state index contributed by atoms with van der Waals surface area (Å²) >= 11 is 0. The van der Waals surface area contributed by atoms with E-state index in [-0.39, 0.29) is 0 Å². The van der Waals surface area contributed by atoms with Crippen molar-refractivity contribution in [2.24, 2.45) is 0 Å². The normalized spacial score (nSPS) is 10.8. The number of hydrogen-bond acceptors (Lipinski definition) is 7. The summed E-state index contributed by atoms with van der Waals surface area (Å²) in [5, 5.41) is 6.46. The standard InChI is InChI=1S/C20H19N5O3/c1-11-6-14(8-15(7-11)27-3)23-19-21-10-12(2)18(25-19)22-13-4-5-17-16(9-13)24-20(26)28-17/h4-10H,1-3H3,(H,24,26)(H2,21,22,23,25). The van der Waals surface area contributed by atoms with Crippen LogP contribution >= 0.6 is 0 Å². The molecule has 0 fully saturated rings. The minimum atomic E-state index is -0.481. The van der Waals surface area contributed by atoms with Crippen molar-refractivity contribution in [3.63, 3.8) is 0 Å². The van der Waals surface area contributed by atoms with E-state index < -0.39 is 5.76 Å². The Morgan fingerprint density at radius 2 is 1.93 bits per heavy atom. The van der Waals surface area contributed by atoms with E-state index in [1.54, 1.807) is 25.4 Å². The van der Waals surface area contributed by atoms with Gasteiger partial charge in [-0.25, -0.2) is 9.78 Å². The maximum absolute atomic E-state index is 11.3. The lowest BCUT2D eigenvalue weighted by Gasteiger charge is -2.12. The fraction of sp³-hybridized carbons (Fsp3) is 0.150. The second-order valence-electron chi connectivity index (χ2n) is 6.44. The van der Waals surface area contributed by atoms with Gasteiger partial charge in [-0.3, -0.25) is 4.98 Å². The molecule has 0 amide bonds. The van der Waals surface area contributed by atoms with Crippen LogP contribution in [0.1, 0.15) is 11.1 Å². The van der Waals surface area contributed by atoms with Crippen molar-refractivity contribution in [2.45, 2.75) is 13.8 Å². The first-order chi connectivity index (χ1) is 13.5. The first-order valence-corrected chi connectivity index (χ1v) is 8.66. The molecule has 0 saturated carbocycles. The van der Waals surface area contributed by atoms with Gasteiger partial charge in [0.25, 0.3) is 0 Å². The average Bonchev–Trinajstić information content (AvgIpc) is 3.03. The number of methoxy groups -OCH3 is 1. The maximum Gasteiger partial charge on any atom is 0.417 e. The summed E-state index contributed by atoms with van der Waals surface area (Å²) < 4.78 is 10.3. The fourth-order valence-corrected chi connectivity index (χ4v) is 2.86. The number of aromatic nitrogens is 3. The van der Waals surface area contributed by atoms with Crippen LogP contribution in [0.3, 0.4) is 0 Å². The molecule has 28 heavy (non-hydrogen) atoms. The highest BCUT2D eigenvalue weighted by Gasteiger charge is 2.08. The van der Waals surface area contributed by atoms with Gasteiger partial charge in [0.1, 0.15) is 11.6 Å². The topological polar surface area (TPSA) is 105 Å². The molecule has 0 aliphatic heterocycles. The Hall–Kier alpha value is -3.81. The number of aromatic amines is 1. The van der Waals surface area contributed by atoms with Gasteiger partial charge in [0.2, 0.25) is 5.95 Å². The number of nitrogens with one attached hydrogen (secondary N) is 3. The molecule has 3 N–H and O–H groups in total. The highest BCUT2D eigenvalue weighted by molar-refractivity contribution is 5.78. The number of fused-ring (bicyclic) bond motifs is 1. The van der Waals surface area contributed by atoms with E-state index in [0.29, 0.717) is 22.9 Å². The van der Waals surface area contributed by atoms with Crippen LogP contribution in [0, 0.1) is 13.8 Å². The van der Waals surface area contributed by atoms with Crippen molar-refractivity contribution in [3.8, 4) is 5.75 Å². The summed E-state index contributed by atoms with van der Waals surface area (Å²) in [5.41, 5.74) is 4.68. The highest BCUT2D eigenvalue weighted by Crippen LogP contribution is 2.25. The number of aryl methyl sites for hydroxylation is 2. The van der Waals surface area contributed by atoms with Crippen LogP contribution in [0.25, 0.3) is 11.1 Å². The van der Waals surface area contributed by atoms with Gasteiger partial charge >= 0.3 is 5.76 Å². The number of nitrogens with zero attached hydrogens (tertiary/aromatic N) is 2. The summed E-state index contributed by atoms with van der Waals surface area (Å²) in [6.45, 7) is 3.91. The number of oxazole rings is 1. The SMILES string of the molecule is COc1cc(C)cc(Nc2ncc(C)c(Nc3ccc4oc(=O)[nH]c4c3)n2)c1. The van der Waals surface area contributed by atoms with Crippen molar-refractivity contribution in [2.75, 3.05) is 17.7 Å². The molecule has 0 spiro atoms. The molecule has 8 heteroatoms. The van der Waals surface area contributed by atoms with Crippen LogP contribution in [-0.4, -0.2) is 22.1 Å². The van der Waals surface area contributed by atoms with Gasteiger partial charge in [-0.05, 0) is 49.7 Å². The first-order valence-electron chi connectivity index (χ1n) is 8.66. The van der Waals surface area contributed by atoms with Crippen molar-refractivity contribution in [1.82, 2.24) is 15.0 Å². The molecule has 0 aliphatic carbocycles. The van der Waals surface area contributed by atoms with E-state index in [0.717, 1.165) is 28.3 Å². The summed E-state index contributed by atoms with van der Waals surface area (Å²) in [6.07, 6.45) is 1.74. The molecule has 0 radical (unpaired) electrons. The van der Waals surface area contributed by atoms with Gasteiger partial charge in [-0.1, -0.05) is 0 Å². The maximum atomic E-state index is 11.3. The smallest absolute Gasteiger partial charge is 0.417 e. The monoisotopic (exact) mass is 377 g/mol. The Labute approximate surface area is 160 Å². The molecule has 0 bridgehead atoms. The van der Waals surface area contributed by atoms with Crippen LogP contribution < -0.4 is 21.1 Å². The molecule has 2 aromatic heterocycles. The summed E-state index contributed by atoms with van der Waals surface area (Å²) in [6, 6.07) is 11.2. The quantitative estimate of drug-likeness (QED) is 0.482. The van der Waals surface area contributed by atoms with Crippen molar-refractivity contribution in [1.29, 1.82) is 0 Å². The molecule has 0 atom stereocenters. The molecule has 0 unspecified atom stereocenters. The van der Waals surface area contributed by atoms with Gasteiger partial charge < -0.3 is 19.8 Å². The first kappa shape index (κ1) is 17.6. The number of anilines is 4. The van der Waals surface area contributed by atoms with E-state index in [1.165, 1.54) is 0 Å². The number of ether oxygens (including phenoxy) is 1. The zero-order valence-electron chi connectivity index (χ0n) is 15.7. The molecule has 2 aromatic carbocycles. The summed E-state index contributed by atoms with van der Waals surface area (Å²) in [7, 11) is 1.63. The van der Waals surface area contributed by atoms with Gasteiger partial charge in [0.15, 0.2) is 5.58 Å². The van der Waals surface area contributed by atoms with Crippen LogP contribution in [0.2, 0.25) is 0 Å². The van der Waals surface area contributed by atoms with Crippen LogP contribution in [-0.2, 0) is 0 Å². The van der Waals surface area contributed by atoms with Gasteiger partial charge in [0, 0.05) is 29.2 Å². The molecule has 8 nitrogen and oxygen atoms in total. The lowest BCUT2D eigenvalue weighted by molar-refractivity contribution is 0.414. The fourth-order valence-electron chi connectivity index (χ4n) is 2.86. The third-order valence-corrected chi connectivity index (χ3v) is 4.20. The largest absolute Gasteiger partial charge is 0.497 e. The molecule has 4 rings (SSSR count). The third-order valence-electron chi connectivity index (χ3n) is 4.20. The molecule has 4 aromatic rings. The minimum absolute atomic E-state index is 0.457. The van der Waals surface area contributed by atoms with E-state index in [1.807, 2.05) is 38.1 Å². The van der Waals surface area contributed by atoms with Crippen molar-refractivity contribution < 1.29 is 9.15 Å². The number of H-pyrrole nitrogens is 1. The summed E-state index contributed by atoms with van der Waals surface area (Å²) in [4.78, 5) is 22.9. The van der Waals surface area contributed by atoms with Gasteiger partial charge in [-0.2, -0.15) is 4.98 Å². The van der Waals surface area contributed by atoms with Crippen LogP contribution in [0.15, 0.2) is 51.8 Å². The number of benzene rings is 2. The van der Waals surface area contributed by atoms with E-state index in [2.05, 4.69) is 25.6 Å². The predicted molar refractivity (Wildman–Crippen MR) is 108 cm³/mol. The Bertz CT molecular complexity index is 1210. The minimum Gasteiger partial charge on any atom is -0.497 e. The number of hydrogen-bond donors (Lipinski definition) is 3. The summed E-state index contributed by atoms with van der Waals surface area (Å²) in [5.74, 6) is 1.39. The third kappa shape index (κ3) is 3.66. The molecule has 0 saturated heterocycles. The Balaban J connectivity index is 1.61. The molecule has 0 aliphatic rings. The van der Waals surface area contributed by atoms with Crippen LogP contribution in [0.4, 0.5) is 23.1 Å². The lowest BCUT2D eigenvalue weighted by Crippen LogP contribution is -2.03. The van der Waals surface area contributed by atoms with Gasteiger partial charge in [0.05, 0.1) is 12.6 Å².